The van der Waals surface area contributed by atoms with Gasteiger partial charge < -0.3 is 5.32 Å². The molecule has 0 aromatic heterocycles. The van der Waals surface area contributed by atoms with Crippen LogP contribution in [0.4, 0.5) is 4.39 Å². The maximum Gasteiger partial charge on any atom is 0.239 e. The summed E-state index contributed by atoms with van der Waals surface area (Å²) in [5, 5.41) is 3.27. The minimum absolute atomic E-state index is 0.0138. The predicted molar refractivity (Wildman–Crippen MR) is 67.4 cm³/mol. The number of hydrogen-bond donors (Lipinski definition) is 1. The van der Waals surface area contributed by atoms with Crippen molar-refractivity contribution in [1.29, 1.82) is 0 Å². The number of benzene rings is 1. The third kappa shape index (κ3) is 2.85. The van der Waals surface area contributed by atoms with Crippen LogP contribution in [-0.2, 0) is 4.79 Å². The SMILES string of the molecule is CC1SC(=N[C@@H](C)c2ccc(F)cc2)NC1=O. The molecule has 1 amide bonds. The lowest BCUT2D eigenvalue weighted by Crippen LogP contribution is -2.23. The molecule has 2 rings (SSSR count). The van der Waals surface area contributed by atoms with E-state index >= 15 is 0 Å². The topological polar surface area (TPSA) is 41.5 Å². The second-order valence-electron chi connectivity index (χ2n) is 3.91. The number of carbonyl (C=O) groups is 1. The highest BCUT2D eigenvalue weighted by atomic mass is 32.2. The number of rotatable bonds is 2. The van der Waals surface area contributed by atoms with Crippen molar-refractivity contribution in [2.45, 2.75) is 25.1 Å². The molecule has 17 heavy (non-hydrogen) atoms. The van der Waals surface area contributed by atoms with Crippen LogP contribution in [0.1, 0.15) is 25.5 Å². The first kappa shape index (κ1) is 12.1. The van der Waals surface area contributed by atoms with Gasteiger partial charge in [0.25, 0.3) is 0 Å². The lowest BCUT2D eigenvalue weighted by Gasteiger charge is -2.07. The lowest BCUT2D eigenvalue weighted by molar-refractivity contribution is -0.118. The zero-order valence-electron chi connectivity index (χ0n) is 9.61. The van der Waals surface area contributed by atoms with Crippen LogP contribution in [0.3, 0.4) is 0 Å². The van der Waals surface area contributed by atoms with Crippen LogP contribution < -0.4 is 5.32 Å². The number of amidine groups is 1. The fraction of sp³-hybridized carbons (Fsp3) is 0.333. The summed E-state index contributed by atoms with van der Waals surface area (Å²) in [6, 6.07) is 6.14. The Labute approximate surface area is 104 Å². The third-order valence-electron chi connectivity index (χ3n) is 2.55. The molecule has 1 heterocycles. The number of carbonyl (C=O) groups excluding carboxylic acids is 1. The fourth-order valence-electron chi connectivity index (χ4n) is 1.51. The van der Waals surface area contributed by atoms with Crippen molar-refractivity contribution in [1.82, 2.24) is 5.32 Å². The zero-order valence-corrected chi connectivity index (χ0v) is 10.4. The van der Waals surface area contributed by atoms with Crippen LogP contribution >= 0.6 is 11.8 Å². The van der Waals surface area contributed by atoms with Gasteiger partial charge in [0.05, 0.1) is 11.3 Å². The molecule has 3 nitrogen and oxygen atoms in total. The van der Waals surface area contributed by atoms with Crippen LogP contribution in [0.15, 0.2) is 29.3 Å². The molecule has 1 fully saturated rings. The Balaban J connectivity index is 2.11. The molecule has 0 bridgehead atoms. The Morgan fingerprint density at radius 2 is 2.06 bits per heavy atom. The monoisotopic (exact) mass is 252 g/mol. The summed E-state index contributed by atoms with van der Waals surface area (Å²) in [6.45, 7) is 3.75. The molecule has 1 aliphatic heterocycles. The van der Waals surface area contributed by atoms with Gasteiger partial charge in [0.15, 0.2) is 5.17 Å². The average Bonchev–Trinajstić information content (AvgIpc) is 2.58. The van der Waals surface area contributed by atoms with E-state index in [1.54, 1.807) is 12.1 Å². The zero-order chi connectivity index (χ0) is 12.4. The van der Waals surface area contributed by atoms with Gasteiger partial charge in [0.1, 0.15) is 5.82 Å². The van der Waals surface area contributed by atoms with Crippen molar-refractivity contribution in [2.24, 2.45) is 4.99 Å². The number of amides is 1. The molecule has 1 aromatic carbocycles. The van der Waals surface area contributed by atoms with Crippen LogP contribution in [0.25, 0.3) is 0 Å². The van der Waals surface area contributed by atoms with Crippen molar-refractivity contribution < 1.29 is 9.18 Å². The standard InChI is InChI=1S/C12H13FN2OS/c1-7(9-3-5-10(13)6-4-9)14-12-15-11(16)8(2)17-12/h3-8H,1-2H3,(H,14,15,16)/t7-,8?/m0/s1. The average molecular weight is 252 g/mol. The Bertz CT molecular complexity index is 458. The van der Waals surface area contributed by atoms with Crippen LogP contribution in [-0.4, -0.2) is 16.3 Å². The normalized spacial score (nSPS) is 23.8. The van der Waals surface area contributed by atoms with Gasteiger partial charge >= 0.3 is 0 Å². The van der Waals surface area contributed by atoms with Gasteiger partial charge in [-0.3, -0.25) is 9.79 Å². The molecule has 2 atom stereocenters. The lowest BCUT2D eigenvalue weighted by atomic mass is 10.1. The van der Waals surface area contributed by atoms with E-state index < -0.39 is 0 Å². The van der Waals surface area contributed by atoms with Crippen LogP contribution in [0.2, 0.25) is 0 Å². The van der Waals surface area contributed by atoms with Crippen LogP contribution in [0, 0.1) is 5.82 Å². The van der Waals surface area contributed by atoms with Gasteiger partial charge in [-0.25, -0.2) is 4.39 Å². The summed E-state index contributed by atoms with van der Waals surface area (Å²) >= 11 is 1.42. The molecule has 90 valence electrons. The molecule has 5 heteroatoms. The van der Waals surface area contributed by atoms with Gasteiger partial charge in [0, 0.05) is 0 Å². The predicted octanol–water partition coefficient (Wildman–Crippen LogP) is 2.49. The number of hydrogen-bond acceptors (Lipinski definition) is 3. The Morgan fingerprint density at radius 3 is 2.59 bits per heavy atom. The Kier molecular flexibility index (Phi) is 3.47. The largest absolute Gasteiger partial charge is 0.304 e. The molecule has 1 aliphatic rings. The van der Waals surface area contributed by atoms with E-state index in [0.717, 1.165) is 5.56 Å². The molecule has 1 N–H and O–H groups in total. The molecule has 0 radical (unpaired) electrons. The highest BCUT2D eigenvalue weighted by Gasteiger charge is 2.26. The first-order chi connectivity index (χ1) is 8.06. The van der Waals surface area contributed by atoms with E-state index in [4.69, 9.17) is 0 Å². The first-order valence-electron chi connectivity index (χ1n) is 5.37. The van der Waals surface area contributed by atoms with Gasteiger partial charge in [-0.1, -0.05) is 23.9 Å². The number of halogens is 1. The molecule has 1 saturated heterocycles. The summed E-state index contributed by atoms with van der Waals surface area (Å²) in [6.07, 6.45) is 0. The first-order valence-corrected chi connectivity index (χ1v) is 6.25. The summed E-state index contributed by atoms with van der Waals surface area (Å²) in [5.41, 5.74) is 0.924. The van der Waals surface area contributed by atoms with Crippen molar-refractivity contribution in [3.8, 4) is 0 Å². The van der Waals surface area contributed by atoms with E-state index in [1.165, 1.54) is 23.9 Å². The number of nitrogens with zero attached hydrogens (tertiary/aromatic N) is 1. The molecule has 1 unspecified atom stereocenters. The summed E-state index contributed by atoms with van der Waals surface area (Å²) in [5.74, 6) is -0.272. The number of nitrogens with one attached hydrogen (secondary N) is 1. The van der Waals surface area contributed by atoms with Gasteiger partial charge in [-0.05, 0) is 31.5 Å². The van der Waals surface area contributed by atoms with Gasteiger partial charge in [-0.2, -0.15) is 0 Å². The quantitative estimate of drug-likeness (QED) is 0.878. The molecule has 0 saturated carbocycles. The molecule has 0 aliphatic carbocycles. The third-order valence-corrected chi connectivity index (χ3v) is 3.55. The second kappa shape index (κ2) is 4.87. The van der Waals surface area contributed by atoms with Crippen molar-refractivity contribution in [3.63, 3.8) is 0 Å². The van der Waals surface area contributed by atoms with Gasteiger partial charge in [0.2, 0.25) is 5.91 Å². The maximum absolute atomic E-state index is 12.8. The number of aliphatic imine (C=N–C) groups is 1. The molecule has 1 aromatic rings. The highest BCUT2D eigenvalue weighted by Crippen LogP contribution is 2.23. The van der Waals surface area contributed by atoms with E-state index in [9.17, 15) is 9.18 Å². The molecular weight excluding hydrogens is 239 g/mol. The maximum atomic E-state index is 12.8. The van der Waals surface area contributed by atoms with Crippen molar-refractivity contribution in [3.05, 3.63) is 35.6 Å². The highest BCUT2D eigenvalue weighted by molar-refractivity contribution is 8.15. The summed E-state index contributed by atoms with van der Waals surface area (Å²) in [4.78, 5) is 15.7. The fourth-order valence-corrected chi connectivity index (χ4v) is 2.39. The van der Waals surface area contributed by atoms with E-state index in [-0.39, 0.29) is 23.0 Å². The van der Waals surface area contributed by atoms with E-state index in [2.05, 4.69) is 10.3 Å². The Hall–Kier alpha value is -1.36. The van der Waals surface area contributed by atoms with Crippen molar-refractivity contribution in [2.75, 3.05) is 0 Å². The van der Waals surface area contributed by atoms with Crippen LogP contribution in [0.5, 0.6) is 0 Å². The molecular formula is C12H13FN2OS. The summed E-state index contributed by atoms with van der Waals surface area (Å²) < 4.78 is 12.8. The second-order valence-corrected chi connectivity index (χ2v) is 5.24. The smallest absolute Gasteiger partial charge is 0.239 e. The van der Waals surface area contributed by atoms with Crippen molar-refractivity contribution >= 4 is 22.8 Å². The molecule has 0 spiro atoms. The minimum Gasteiger partial charge on any atom is -0.304 e. The number of thioether (sulfide) groups is 1. The Morgan fingerprint density at radius 1 is 1.41 bits per heavy atom. The minimum atomic E-state index is -0.259. The van der Waals surface area contributed by atoms with E-state index in [0.29, 0.717) is 5.17 Å². The van der Waals surface area contributed by atoms with E-state index in [1.807, 2.05) is 13.8 Å². The summed E-state index contributed by atoms with van der Waals surface area (Å²) in [7, 11) is 0. The van der Waals surface area contributed by atoms with Gasteiger partial charge in [-0.15, -0.1) is 0 Å².